The van der Waals surface area contributed by atoms with Crippen LogP contribution in [-0.4, -0.2) is 39.2 Å². The van der Waals surface area contributed by atoms with Crippen molar-refractivity contribution in [1.29, 1.82) is 0 Å². The molecule has 0 spiro atoms. The highest BCUT2D eigenvalue weighted by Crippen LogP contribution is 2.36. The number of H-pyrrole nitrogens is 2. The molecule has 154 valence electrons. The standard InChI is InChI=1S/C21H20FN5O2S/c22-15-6-3-5-14(11-15)17-12-24-21(26-17)18-8-1-2-10-27(18)30(28,29)19-13-25-20-16(19)7-4-9-23-20/h3-7,9,11-13,18H,1-2,8,10H2,(H,23,25)(H,24,26). The lowest BCUT2D eigenvalue weighted by Gasteiger charge is -2.33. The van der Waals surface area contributed by atoms with E-state index < -0.39 is 16.1 Å². The Balaban J connectivity index is 1.52. The number of hydrogen-bond donors (Lipinski definition) is 2. The summed E-state index contributed by atoms with van der Waals surface area (Å²) in [5.74, 6) is 0.231. The normalized spacial score (nSPS) is 18.1. The number of aromatic amines is 2. The average Bonchev–Trinajstić information content (AvgIpc) is 3.42. The molecule has 0 radical (unpaired) electrons. The maximum atomic E-state index is 13.6. The first kappa shape index (κ1) is 19.0. The van der Waals surface area contributed by atoms with E-state index in [-0.39, 0.29) is 10.7 Å². The molecule has 1 atom stereocenters. The van der Waals surface area contributed by atoms with E-state index in [9.17, 15) is 12.8 Å². The van der Waals surface area contributed by atoms with Gasteiger partial charge in [-0.2, -0.15) is 4.31 Å². The van der Waals surface area contributed by atoms with Gasteiger partial charge in [0.1, 0.15) is 22.2 Å². The van der Waals surface area contributed by atoms with Gasteiger partial charge in [-0.15, -0.1) is 0 Å². The van der Waals surface area contributed by atoms with Gasteiger partial charge in [0.2, 0.25) is 10.0 Å². The summed E-state index contributed by atoms with van der Waals surface area (Å²) in [4.78, 5) is 15.0. The summed E-state index contributed by atoms with van der Waals surface area (Å²) in [5, 5.41) is 0.571. The minimum absolute atomic E-state index is 0.217. The lowest BCUT2D eigenvalue weighted by molar-refractivity contribution is 0.248. The van der Waals surface area contributed by atoms with Crippen molar-refractivity contribution >= 4 is 21.1 Å². The molecule has 3 aromatic heterocycles. The van der Waals surface area contributed by atoms with E-state index in [4.69, 9.17) is 0 Å². The van der Waals surface area contributed by atoms with E-state index in [0.29, 0.717) is 41.1 Å². The number of halogens is 1. The summed E-state index contributed by atoms with van der Waals surface area (Å²) < 4.78 is 42.2. The number of fused-ring (bicyclic) bond motifs is 1. The van der Waals surface area contributed by atoms with Crippen molar-refractivity contribution < 1.29 is 12.8 Å². The van der Waals surface area contributed by atoms with Crippen LogP contribution in [0.1, 0.15) is 31.1 Å². The Morgan fingerprint density at radius 1 is 1.13 bits per heavy atom. The van der Waals surface area contributed by atoms with E-state index >= 15 is 0 Å². The summed E-state index contributed by atoms with van der Waals surface area (Å²) in [6.45, 7) is 0.413. The molecule has 1 unspecified atom stereocenters. The number of nitrogens with zero attached hydrogens (tertiary/aromatic N) is 3. The number of nitrogens with one attached hydrogen (secondary N) is 2. The topological polar surface area (TPSA) is 94.7 Å². The lowest BCUT2D eigenvalue weighted by Crippen LogP contribution is -2.38. The van der Waals surface area contributed by atoms with Gasteiger partial charge >= 0.3 is 0 Å². The molecule has 1 aromatic carbocycles. The molecule has 1 aliphatic rings. The molecule has 9 heteroatoms. The third-order valence-electron chi connectivity index (χ3n) is 5.50. The maximum Gasteiger partial charge on any atom is 0.245 e. The van der Waals surface area contributed by atoms with Gasteiger partial charge in [0.25, 0.3) is 0 Å². The highest BCUT2D eigenvalue weighted by atomic mass is 32.2. The maximum absolute atomic E-state index is 13.6. The highest BCUT2D eigenvalue weighted by molar-refractivity contribution is 7.89. The second-order valence-corrected chi connectivity index (χ2v) is 9.23. The van der Waals surface area contributed by atoms with Crippen molar-refractivity contribution in [1.82, 2.24) is 24.2 Å². The van der Waals surface area contributed by atoms with Gasteiger partial charge in [0, 0.05) is 29.9 Å². The fourth-order valence-corrected chi connectivity index (χ4v) is 5.86. The summed E-state index contributed by atoms with van der Waals surface area (Å²) in [6, 6.07) is 9.29. The molecule has 30 heavy (non-hydrogen) atoms. The van der Waals surface area contributed by atoms with Crippen LogP contribution in [0.4, 0.5) is 4.39 Å². The molecule has 0 aliphatic carbocycles. The number of imidazole rings is 1. The number of sulfonamides is 1. The second-order valence-electron chi connectivity index (χ2n) is 7.37. The fourth-order valence-electron chi connectivity index (χ4n) is 4.05. The number of rotatable bonds is 4. The van der Waals surface area contributed by atoms with Crippen molar-refractivity contribution in [2.75, 3.05) is 6.54 Å². The Morgan fingerprint density at radius 3 is 2.90 bits per heavy atom. The molecule has 1 aliphatic heterocycles. The largest absolute Gasteiger partial charge is 0.345 e. The molecule has 1 fully saturated rings. The van der Waals surface area contributed by atoms with E-state index in [1.807, 2.05) is 0 Å². The highest BCUT2D eigenvalue weighted by Gasteiger charge is 2.37. The van der Waals surface area contributed by atoms with E-state index in [2.05, 4.69) is 19.9 Å². The van der Waals surface area contributed by atoms with E-state index in [0.717, 1.165) is 12.8 Å². The minimum atomic E-state index is -3.76. The number of hydrogen-bond acceptors (Lipinski definition) is 4. The molecule has 4 aromatic rings. The molecule has 4 heterocycles. The molecular weight excluding hydrogens is 405 g/mol. The first-order chi connectivity index (χ1) is 14.5. The Labute approximate surface area is 173 Å². The van der Waals surface area contributed by atoms with Crippen LogP contribution in [0, 0.1) is 5.82 Å². The summed E-state index contributed by atoms with van der Waals surface area (Å²) in [5.41, 5.74) is 1.86. The first-order valence-electron chi connectivity index (χ1n) is 9.79. The quantitative estimate of drug-likeness (QED) is 0.517. The molecule has 0 amide bonds. The fraction of sp³-hybridized carbons (Fsp3) is 0.238. The lowest BCUT2D eigenvalue weighted by atomic mass is 10.0. The molecule has 1 saturated heterocycles. The van der Waals surface area contributed by atoms with Gasteiger partial charge in [-0.3, -0.25) is 0 Å². The molecule has 7 nitrogen and oxygen atoms in total. The number of piperidine rings is 1. The van der Waals surface area contributed by atoms with Crippen molar-refractivity contribution in [3.05, 3.63) is 66.6 Å². The number of benzene rings is 1. The zero-order valence-corrected chi connectivity index (χ0v) is 16.9. The van der Waals surface area contributed by atoms with Gasteiger partial charge < -0.3 is 9.97 Å². The predicted molar refractivity (Wildman–Crippen MR) is 111 cm³/mol. The van der Waals surface area contributed by atoms with Crippen LogP contribution in [0.25, 0.3) is 22.3 Å². The van der Waals surface area contributed by atoms with Crippen LogP contribution in [-0.2, 0) is 10.0 Å². The van der Waals surface area contributed by atoms with Crippen LogP contribution < -0.4 is 0 Å². The number of aromatic nitrogens is 4. The van der Waals surface area contributed by atoms with Crippen LogP contribution in [0.2, 0.25) is 0 Å². The van der Waals surface area contributed by atoms with Gasteiger partial charge in [-0.25, -0.2) is 22.8 Å². The van der Waals surface area contributed by atoms with Gasteiger partial charge in [0.15, 0.2) is 0 Å². The van der Waals surface area contributed by atoms with Crippen molar-refractivity contribution in [2.24, 2.45) is 0 Å². The summed E-state index contributed by atoms with van der Waals surface area (Å²) in [6.07, 6.45) is 7.10. The Bertz CT molecular complexity index is 1310. The molecule has 0 saturated carbocycles. The molecule has 0 bridgehead atoms. The first-order valence-corrected chi connectivity index (χ1v) is 11.2. The van der Waals surface area contributed by atoms with Gasteiger partial charge in [-0.05, 0) is 37.1 Å². The molecular formula is C21H20FN5O2S. The van der Waals surface area contributed by atoms with Gasteiger partial charge in [0.05, 0.1) is 17.9 Å². The van der Waals surface area contributed by atoms with Crippen LogP contribution in [0.5, 0.6) is 0 Å². The van der Waals surface area contributed by atoms with Crippen LogP contribution >= 0.6 is 0 Å². The Kier molecular flexibility index (Phi) is 4.63. The van der Waals surface area contributed by atoms with Crippen molar-refractivity contribution in [3.8, 4) is 11.3 Å². The number of pyridine rings is 1. The monoisotopic (exact) mass is 425 g/mol. The third-order valence-corrected chi connectivity index (χ3v) is 7.45. The predicted octanol–water partition coefficient (Wildman–Crippen LogP) is 4.01. The minimum Gasteiger partial charge on any atom is -0.345 e. The third kappa shape index (κ3) is 3.20. The molecule has 2 N–H and O–H groups in total. The van der Waals surface area contributed by atoms with Crippen molar-refractivity contribution in [2.45, 2.75) is 30.2 Å². The zero-order chi connectivity index (χ0) is 20.7. The van der Waals surface area contributed by atoms with E-state index in [1.54, 1.807) is 36.7 Å². The average molecular weight is 425 g/mol. The Hall–Kier alpha value is -3.04. The van der Waals surface area contributed by atoms with Crippen LogP contribution in [0.15, 0.2) is 59.9 Å². The van der Waals surface area contributed by atoms with Gasteiger partial charge in [-0.1, -0.05) is 18.6 Å². The summed E-state index contributed by atoms with van der Waals surface area (Å²) in [7, 11) is -3.76. The zero-order valence-electron chi connectivity index (χ0n) is 16.0. The Morgan fingerprint density at radius 2 is 2.03 bits per heavy atom. The second kappa shape index (κ2) is 7.33. The van der Waals surface area contributed by atoms with Crippen molar-refractivity contribution in [3.63, 3.8) is 0 Å². The van der Waals surface area contributed by atoms with Crippen LogP contribution in [0.3, 0.4) is 0 Å². The molecule has 5 rings (SSSR count). The van der Waals surface area contributed by atoms with E-state index in [1.165, 1.54) is 22.6 Å². The SMILES string of the molecule is O=S(=O)(c1c[nH]c2ncccc12)N1CCCCC1c1ncc(-c2cccc(F)c2)[nH]1. The smallest absolute Gasteiger partial charge is 0.245 e. The summed E-state index contributed by atoms with van der Waals surface area (Å²) >= 11 is 0.